The summed E-state index contributed by atoms with van der Waals surface area (Å²) in [6, 6.07) is 4.64. The molecule has 0 saturated heterocycles. The van der Waals surface area contributed by atoms with Gasteiger partial charge in [0.15, 0.2) is 0 Å². The van der Waals surface area contributed by atoms with Crippen LogP contribution in [-0.2, 0) is 0 Å². The van der Waals surface area contributed by atoms with Gasteiger partial charge in [-0.25, -0.2) is 9.49 Å². The van der Waals surface area contributed by atoms with E-state index in [4.69, 9.17) is 18.0 Å². The molecule has 0 bridgehead atoms. The molecule has 6 heteroatoms. The fourth-order valence-corrected chi connectivity index (χ4v) is 1.57. The Hall–Kier alpha value is -1.69. The number of H-pyrrole nitrogens is 1. The first-order valence-electron chi connectivity index (χ1n) is 4.29. The van der Waals surface area contributed by atoms with Gasteiger partial charge in [0.05, 0.1) is 5.69 Å². The number of halogens is 1. The molecule has 78 valence electrons. The molecule has 4 nitrogen and oxygen atoms in total. The van der Waals surface area contributed by atoms with Crippen LogP contribution in [0.2, 0.25) is 0 Å². The fraction of sp³-hybridized carbons (Fsp3) is 0.111. The SMILES string of the molecule is Cc1cc(-n2c(N)n[nH]c2=S)ccc1F. The van der Waals surface area contributed by atoms with E-state index in [0.717, 1.165) is 0 Å². The Morgan fingerprint density at radius 3 is 2.80 bits per heavy atom. The predicted octanol–water partition coefficient (Wildman–Crippen LogP) is 1.96. The maximum Gasteiger partial charge on any atom is 0.225 e. The van der Waals surface area contributed by atoms with Crippen LogP contribution in [0.15, 0.2) is 18.2 Å². The van der Waals surface area contributed by atoms with Crippen molar-refractivity contribution in [2.24, 2.45) is 0 Å². The highest BCUT2D eigenvalue weighted by molar-refractivity contribution is 7.71. The normalized spacial score (nSPS) is 10.5. The second kappa shape index (κ2) is 3.47. The number of nitrogens with zero attached hydrogens (tertiary/aromatic N) is 2. The molecule has 2 rings (SSSR count). The molecular formula is C9H9FN4S. The molecule has 0 aliphatic rings. The molecule has 0 aliphatic carbocycles. The summed E-state index contributed by atoms with van der Waals surface area (Å²) in [4.78, 5) is 0. The van der Waals surface area contributed by atoms with Crippen LogP contribution in [0.1, 0.15) is 5.56 Å². The Morgan fingerprint density at radius 2 is 2.27 bits per heavy atom. The van der Waals surface area contributed by atoms with Crippen molar-refractivity contribution in [2.75, 3.05) is 5.73 Å². The van der Waals surface area contributed by atoms with E-state index in [2.05, 4.69) is 10.2 Å². The van der Waals surface area contributed by atoms with Gasteiger partial charge in [-0.15, -0.1) is 5.10 Å². The molecule has 0 unspecified atom stereocenters. The van der Waals surface area contributed by atoms with E-state index < -0.39 is 0 Å². The Bertz CT molecular complexity index is 557. The quantitative estimate of drug-likeness (QED) is 0.728. The van der Waals surface area contributed by atoms with Crippen molar-refractivity contribution in [2.45, 2.75) is 6.92 Å². The summed E-state index contributed by atoms with van der Waals surface area (Å²) in [5.41, 5.74) is 6.86. The Labute approximate surface area is 90.5 Å². The summed E-state index contributed by atoms with van der Waals surface area (Å²) in [6.45, 7) is 1.68. The van der Waals surface area contributed by atoms with Crippen LogP contribution >= 0.6 is 12.2 Å². The summed E-state index contributed by atoms with van der Waals surface area (Å²) in [7, 11) is 0. The average Bonchev–Trinajstić information content (AvgIpc) is 2.52. The summed E-state index contributed by atoms with van der Waals surface area (Å²) >= 11 is 5.00. The molecule has 0 saturated carbocycles. The fourth-order valence-electron chi connectivity index (χ4n) is 1.33. The molecule has 0 amide bonds. The first-order valence-corrected chi connectivity index (χ1v) is 4.70. The van der Waals surface area contributed by atoms with Crippen molar-refractivity contribution in [3.63, 3.8) is 0 Å². The number of aromatic nitrogens is 3. The second-order valence-corrected chi connectivity index (χ2v) is 3.54. The van der Waals surface area contributed by atoms with E-state index in [-0.39, 0.29) is 11.8 Å². The lowest BCUT2D eigenvalue weighted by molar-refractivity contribution is 0.618. The van der Waals surface area contributed by atoms with Gasteiger partial charge in [0.1, 0.15) is 5.82 Å². The predicted molar refractivity (Wildman–Crippen MR) is 57.9 cm³/mol. The number of benzene rings is 1. The van der Waals surface area contributed by atoms with Crippen molar-refractivity contribution in [3.05, 3.63) is 34.4 Å². The monoisotopic (exact) mass is 224 g/mol. The van der Waals surface area contributed by atoms with Crippen LogP contribution in [0.25, 0.3) is 5.69 Å². The van der Waals surface area contributed by atoms with Crippen LogP contribution in [0.4, 0.5) is 10.3 Å². The number of nitrogens with one attached hydrogen (secondary N) is 1. The van der Waals surface area contributed by atoms with Crippen molar-refractivity contribution in [1.82, 2.24) is 14.8 Å². The first-order chi connectivity index (χ1) is 7.09. The zero-order chi connectivity index (χ0) is 11.0. The zero-order valence-electron chi connectivity index (χ0n) is 7.99. The van der Waals surface area contributed by atoms with Gasteiger partial charge in [-0.3, -0.25) is 4.57 Å². The lowest BCUT2D eigenvalue weighted by Crippen LogP contribution is -2.01. The van der Waals surface area contributed by atoms with Crippen molar-refractivity contribution in [3.8, 4) is 5.69 Å². The molecule has 0 radical (unpaired) electrons. The topological polar surface area (TPSA) is 59.6 Å². The first kappa shape index (κ1) is 9.85. The third-order valence-corrected chi connectivity index (χ3v) is 2.37. The number of aryl methyl sites for hydroxylation is 1. The number of rotatable bonds is 1. The van der Waals surface area contributed by atoms with Crippen LogP contribution in [0, 0.1) is 17.5 Å². The van der Waals surface area contributed by atoms with Crippen LogP contribution in [-0.4, -0.2) is 14.8 Å². The molecule has 0 aliphatic heterocycles. The van der Waals surface area contributed by atoms with Crippen molar-refractivity contribution < 1.29 is 4.39 Å². The third kappa shape index (κ3) is 1.63. The average molecular weight is 224 g/mol. The summed E-state index contributed by atoms with van der Waals surface area (Å²) < 4.78 is 15.0. The minimum Gasteiger partial charge on any atom is -0.368 e. The van der Waals surface area contributed by atoms with E-state index >= 15 is 0 Å². The van der Waals surface area contributed by atoms with E-state index in [9.17, 15) is 4.39 Å². The lowest BCUT2D eigenvalue weighted by Gasteiger charge is -2.04. The minimum absolute atomic E-state index is 0.256. The van der Waals surface area contributed by atoms with Crippen molar-refractivity contribution in [1.29, 1.82) is 0 Å². The minimum atomic E-state index is -0.257. The largest absolute Gasteiger partial charge is 0.368 e. The zero-order valence-corrected chi connectivity index (χ0v) is 8.81. The third-order valence-electron chi connectivity index (χ3n) is 2.10. The highest BCUT2D eigenvalue weighted by Crippen LogP contribution is 2.16. The van der Waals surface area contributed by atoms with E-state index in [0.29, 0.717) is 16.0 Å². The molecule has 1 aromatic carbocycles. The smallest absolute Gasteiger partial charge is 0.225 e. The van der Waals surface area contributed by atoms with E-state index in [1.165, 1.54) is 6.07 Å². The van der Waals surface area contributed by atoms with Gasteiger partial charge in [0.25, 0.3) is 0 Å². The van der Waals surface area contributed by atoms with E-state index in [1.54, 1.807) is 23.6 Å². The Morgan fingerprint density at radius 1 is 1.53 bits per heavy atom. The molecule has 0 atom stereocenters. The summed E-state index contributed by atoms with van der Waals surface area (Å²) in [6.07, 6.45) is 0. The number of nitrogen functional groups attached to an aromatic ring is 1. The van der Waals surface area contributed by atoms with Gasteiger partial charge < -0.3 is 5.73 Å². The van der Waals surface area contributed by atoms with Gasteiger partial charge in [0.2, 0.25) is 10.7 Å². The highest BCUT2D eigenvalue weighted by atomic mass is 32.1. The standard InChI is InChI=1S/C9H9FN4S/c1-5-4-6(2-3-7(5)10)14-8(11)12-13-9(14)15/h2-4H,1H3,(H2,11,12)(H,13,15). The van der Waals surface area contributed by atoms with Gasteiger partial charge in [0, 0.05) is 0 Å². The van der Waals surface area contributed by atoms with Gasteiger partial charge in [-0.1, -0.05) is 0 Å². The van der Waals surface area contributed by atoms with Gasteiger partial charge in [-0.2, -0.15) is 0 Å². The Balaban J connectivity index is 2.65. The molecular weight excluding hydrogens is 215 g/mol. The van der Waals surface area contributed by atoms with Crippen molar-refractivity contribution >= 4 is 18.2 Å². The molecule has 3 N–H and O–H groups in total. The lowest BCUT2D eigenvalue weighted by atomic mass is 10.2. The number of nitrogens with two attached hydrogens (primary N) is 1. The van der Waals surface area contributed by atoms with Crippen LogP contribution in [0.3, 0.4) is 0 Å². The van der Waals surface area contributed by atoms with Crippen LogP contribution < -0.4 is 5.73 Å². The number of hydrogen-bond donors (Lipinski definition) is 2. The number of aromatic amines is 1. The maximum absolute atomic E-state index is 13.1. The second-order valence-electron chi connectivity index (χ2n) is 3.16. The molecule has 0 fully saturated rings. The van der Waals surface area contributed by atoms with Gasteiger partial charge >= 0.3 is 0 Å². The van der Waals surface area contributed by atoms with Crippen LogP contribution in [0.5, 0.6) is 0 Å². The molecule has 0 spiro atoms. The molecule has 2 aromatic rings. The summed E-state index contributed by atoms with van der Waals surface area (Å²) in [5, 5.41) is 6.34. The number of hydrogen-bond acceptors (Lipinski definition) is 3. The number of anilines is 1. The molecule has 1 aromatic heterocycles. The Kier molecular flexibility index (Phi) is 2.28. The maximum atomic E-state index is 13.1. The summed E-state index contributed by atoms with van der Waals surface area (Å²) in [5.74, 6) is -0.00153. The van der Waals surface area contributed by atoms with Gasteiger partial charge in [-0.05, 0) is 42.9 Å². The molecule has 1 heterocycles. The highest BCUT2D eigenvalue weighted by Gasteiger charge is 2.06. The molecule has 15 heavy (non-hydrogen) atoms. The van der Waals surface area contributed by atoms with E-state index in [1.807, 2.05) is 0 Å².